The molecular formula is C19H22N4OS. The highest BCUT2D eigenvalue weighted by Crippen LogP contribution is 2.24. The van der Waals surface area contributed by atoms with Gasteiger partial charge in [-0.25, -0.2) is 4.98 Å². The van der Waals surface area contributed by atoms with E-state index in [2.05, 4.69) is 63.3 Å². The first kappa shape index (κ1) is 16.3. The van der Waals surface area contributed by atoms with Crippen molar-refractivity contribution in [3.63, 3.8) is 0 Å². The lowest BCUT2D eigenvalue weighted by molar-refractivity contribution is 0.0952. The van der Waals surface area contributed by atoms with Crippen LogP contribution in [0.2, 0.25) is 0 Å². The highest BCUT2D eigenvalue weighted by Gasteiger charge is 2.21. The summed E-state index contributed by atoms with van der Waals surface area (Å²) in [5.74, 6) is -0.0422. The number of hydrogen-bond donors (Lipinski definition) is 1. The van der Waals surface area contributed by atoms with Gasteiger partial charge in [-0.3, -0.25) is 4.79 Å². The van der Waals surface area contributed by atoms with Gasteiger partial charge in [0.2, 0.25) is 0 Å². The molecule has 0 atom stereocenters. The van der Waals surface area contributed by atoms with Gasteiger partial charge in [0.25, 0.3) is 5.91 Å². The molecule has 0 unspecified atom stereocenters. The lowest BCUT2D eigenvalue weighted by atomic mass is 10.2. The minimum atomic E-state index is -0.0422. The van der Waals surface area contributed by atoms with Crippen LogP contribution in [0.5, 0.6) is 0 Å². The standard InChI is InChI=1S/C19H22N4OS/c1-22-11-8-15-17(13-22)25-19(21-15)18(24)20-9-4-10-23-12-7-14-5-2-3-6-16(14)23/h2-3,5-7,12H,4,8-11,13H2,1H3,(H,20,24). The van der Waals surface area contributed by atoms with Gasteiger partial charge in [-0.05, 0) is 31.0 Å². The van der Waals surface area contributed by atoms with E-state index in [1.807, 2.05) is 0 Å². The minimum Gasteiger partial charge on any atom is -0.350 e. The molecule has 1 aliphatic heterocycles. The van der Waals surface area contributed by atoms with Crippen LogP contribution in [0, 0.1) is 0 Å². The van der Waals surface area contributed by atoms with Crippen molar-refractivity contribution in [3.05, 3.63) is 52.1 Å². The van der Waals surface area contributed by atoms with E-state index >= 15 is 0 Å². The number of fused-ring (bicyclic) bond motifs is 2. The molecule has 0 aliphatic carbocycles. The molecule has 3 aromatic rings. The van der Waals surface area contributed by atoms with Crippen molar-refractivity contribution >= 4 is 28.1 Å². The summed E-state index contributed by atoms with van der Waals surface area (Å²) in [4.78, 5) is 20.4. The van der Waals surface area contributed by atoms with Crippen LogP contribution in [0.3, 0.4) is 0 Å². The zero-order valence-electron chi connectivity index (χ0n) is 14.4. The molecule has 5 nitrogen and oxygen atoms in total. The van der Waals surface area contributed by atoms with Crippen molar-refractivity contribution in [1.29, 1.82) is 0 Å². The molecule has 0 radical (unpaired) electrons. The normalized spacial score (nSPS) is 14.6. The second kappa shape index (κ2) is 6.98. The average molecular weight is 354 g/mol. The smallest absolute Gasteiger partial charge is 0.280 e. The van der Waals surface area contributed by atoms with Gasteiger partial charge in [0.15, 0.2) is 5.01 Å². The van der Waals surface area contributed by atoms with Gasteiger partial charge >= 0.3 is 0 Å². The molecule has 4 rings (SSSR count). The van der Waals surface area contributed by atoms with Gasteiger partial charge in [-0.15, -0.1) is 11.3 Å². The fourth-order valence-corrected chi connectivity index (χ4v) is 4.39. The Kier molecular flexibility index (Phi) is 4.55. The van der Waals surface area contributed by atoms with Crippen LogP contribution in [0.4, 0.5) is 0 Å². The van der Waals surface area contributed by atoms with Crippen molar-refractivity contribution in [2.24, 2.45) is 0 Å². The molecule has 6 heteroatoms. The number of carbonyl (C=O) groups is 1. The Balaban J connectivity index is 1.31. The Bertz CT molecular complexity index is 898. The molecule has 1 N–H and O–H groups in total. The highest BCUT2D eigenvalue weighted by atomic mass is 32.1. The largest absolute Gasteiger partial charge is 0.350 e. The van der Waals surface area contributed by atoms with Crippen LogP contribution >= 0.6 is 11.3 Å². The summed E-state index contributed by atoms with van der Waals surface area (Å²) in [5, 5.41) is 4.87. The maximum atomic E-state index is 12.3. The summed E-state index contributed by atoms with van der Waals surface area (Å²) in [7, 11) is 2.10. The number of nitrogens with zero attached hydrogens (tertiary/aromatic N) is 3. The van der Waals surface area contributed by atoms with E-state index in [4.69, 9.17) is 0 Å². The number of aromatic nitrogens is 2. The van der Waals surface area contributed by atoms with Gasteiger partial charge in [0, 0.05) is 49.2 Å². The Labute approximate surface area is 151 Å². The van der Waals surface area contributed by atoms with Crippen LogP contribution in [-0.4, -0.2) is 40.5 Å². The van der Waals surface area contributed by atoms with Gasteiger partial charge in [-0.1, -0.05) is 18.2 Å². The van der Waals surface area contributed by atoms with E-state index in [0.29, 0.717) is 11.6 Å². The lowest BCUT2D eigenvalue weighted by Gasteiger charge is -2.20. The molecule has 130 valence electrons. The van der Waals surface area contributed by atoms with Crippen LogP contribution in [-0.2, 0) is 19.5 Å². The number of thiazole rings is 1. The fourth-order valence-electron chi connectivity index (χ4n) is 3.28. The van der Waals surface area contributed by atoms with Gasteiger partial charge in [-0.2, -0.15) is 0 Å². The maximum absolute atomic E-state index is 12.3. The van der Waals surface area contributed by atoms with E-state index in [0.717, 1.165) is 38.2 Å². The summed E-state index contributed by atoms with van der Waals surface area (Å²) in [6.45, 7) is 3.48. The van der Waals surface area contributed by atoms with Crippen LogP contribution in [0.25, 0.3) is 10.9 Å². The van der Waals surface area contributed by atoms with E-state index < -0.39 is 0 Å². The topological polar surface area (TPSA) is 50.2 Å². The molecule has 3 heterocycles. The first-order chi connectivity index (χ1) is 12.2. The third-order valence-corrected chi connectivity index (χ3v) is 5.74. The maximum Gasteiger partial charge on any atom is 0.280 e. The summed E-state index contributed by atoms with van der Waals surface area (Å²) < 4.78 is 2.24. The summed E-state index contributed by atoms with van der Waals surface area (Å²) >= 11 is 1.53. The van der Waals surface area contributed by atoms with Gasteiger partial charge in [0.1, 0.15) is 0 Å². The van der Waals surface area contributed by atoms with Crippen molar-refractivity contribution in [3.8, 4) is 0 Å². The molecule has 1 aliphatic rings. The first-order valence-corrected chi connectivity index (χ1v) is 9.51. The van der Waals surface area contributed by atoms with E-state index in [9.17, 15) is 4.79 Å². The monoisotopic (exact) mass is 354 g/mol. The van der Waals surface area contributed by atoms with E-state index in [1.54, 1.807) is 0 Å². The molecule has 1 aromatic carbocycles. The predicted octanol–water partition coefficient (Wildman–Crippen LogP) is 2.91. The quantitative estimate of drug-likeness (QED) is 0.717. The SMILES string of the molecule is CN1CCc2nc(C(=O)NCCCn3ccc4ccccc43)sc2C1. The second-order valence-corrected chi connectivity index (χ2v) is 7.64. The molecule has 0 saturated heterocycles. The lowest BCUT2D eigenvalue weighted by Crippen LogP contribution is -2.26. The second-order valence-electron chi connectivity index (χ2n) is 6.55. The number of hydrogen-bond acceptors (Lipinski definition) is 4. The van der Waals surface area contributed by atoms with Gasteiger partial charge in [0.05, 0.1) is 5.69 Å². The molecule has 0 fully saturated rings. The van der Waals surface area contributed by atoms with Crippen molar-refractivity contribution in [2.75, 3.05) is 20.1 Å². The molecule has 1 amide bonds. The fraction of sp³-hybridized carbons (Fsp3) is 0.368. The van der Waals surface area contributed by atoms with Crippen molar-refractivity contribution in [2.45, 2.75) is 25.9 Å². The number of carbonyl (C=O) groups excluding carboxylic acids is 1. The number of aryl methyl sites for hydroxylation is 1. The molecule has 0 spiro atoms. The highest BCUT2D eigenvalue weighted by molar-refractivity contribution is 7.13. The summed E-state index contributed by atoms with van der Waals surface area (Å²) in [5.41, 5.74) is 2.35. The van der Waals surface area contributed by atoms with Crippen molar-refractivity contribution in [1.82, 2.24) is 19.8 Å². The van der Waals surface area contributed by atoms with Crippen molar-refractivity contribution < 1.29 is 4.79 Å². The summed E-state index contributed by atoms with van der Waals surface area (Å²) in [6, 6.07) is 10.5. The molecule has 0 saturated carbocycles. The number of amides is 1. The van der Waals surface area contributed by atoms with E-state index in [1.165, 1.54) is 27.1 Å². The Morgan fingerprint density at radius 2 is 2.20 bits per heavy atom. The zero-order chi connectivity index (χ0) is 17.2. The Morgan fingerprint density at radius 1 is 1.32 bits per heavy atom. The third kappa shape index (κ3) is 3.45. The molecule has 2 aromatic heterocycles. The number of likely N-dealkylation sites (N-methyl/N-ethyl adjacent to an activating group) is 1. The van der Waals surface area contributed by atoms with Gasteiger partial charge < -0.3 is 14.8 Å². The average Bonchev–Trinajstić information content (AvgIpc) is 3.22. The minimum absolute atomic E-state index is 0.0422. The number of nitrogens with one attached hydrogen (secondary N) is 1. The molecule has 25 heavy (non-hydrogen) atoms. The van der Waals surface area contributed by atoms with Crippen LogP contribution in [0.1, 0.15) is 26.8 Å². The molecule has 0 bridgehead atoms. The molecular weight excluding hydrogens is 332 g/mol. The Morgan fingerprint density at radius 3 is 3.12 bits per heavy atom. The van der Waals surface area contributed by atoms with Crippen LogP contribution in [0.15, 0.2) is 36.5 Å². The Hall–Kier alpha value is -2.18. The predicted molar refractivity (Wildman–Crippen MR) is 101 cm³/mol. The zero-order valence-corrected chi connectivity index (χ0v) is 15.2. The number of benzene rings is 1. The number of rotatable bonds is 5. The third-order valence-electron chi connectivity index (χ3n) is 4.66. The summed E-state index contributed by atoms with van der Waals surface area (Å²) in [6.07, 6.45) is 3.95. The van der Waals surface area contributed by atoms with E-state index in [-0.39, 0.29) is 5.91 Å². The van der Waals surface area contributed by atoms with Crippen LogP contribution < -0.4 is 5.32 Å². The number of para-hydroxylation sites is 1. The first-order valence-electron chi connectivity index (χ1n) is 8.70.